The van der Waals surface area contributed by atoms with Gasteiger partial charge in [0.15, 0.2) is 13.2 Å². The van der Waals surface area contributed by atoms with Crippen LogP contribution in [0, 0.1) is 5.82 Å². The molecule has 4 rings (SSSR count). The monoisotopic (exact) mass is 393 g/mol. The smallest absolute Gasteiger partial charge is 0.344 e. The number of carbonyl (C=O) groups is 2. The first-order valence-electron chi connectivity index (χ1n) is 8.83. The summed E-state index contributed by atoms with van der Waals surface area (Å²) in [5.74, 6) is -1.26. The van der Waals surface area contributed by atoms with E-state index in [4.69, 9.17) is 13.9 Å². The number of para-hydroxylation sites is 1. The van der Waals surface area contributed by atoms with Crippen molar-refractivity contribution in [2.75, 3.05) is 18.5 Å². The molecule has 29 heavy (non-hydrogen) atoms. The number of esters is 1. The summed E-state index contributed by atoms with van der Waals surface area (Å²) in [5, 5.41) is 4.51. The van der Waals surface area contributed by atoms with Crippen LogP contribution in [0.3, 0.4) is 0 Å². The minimum absolute atomic E-state index is 0.327. The summed E-state index contributed by atoms with van der Waals surface area (Å²) >= 11 is 0. The van der Waals surface area contributed by atoms with Crippen LogP contribution >= 0.6 is 0 Å². The van der Waals surface area contributed by atoms with Crippen LogP contribution in [0.25, 0.3) is 21.9 Å². The maximum absolute atomic E-state index is 12.8. The van der Waals surface area contributed by atoms with Gasteiger partial charge in [0.05, 0.1) is 0 Å². The Morgan fingerprint density at radius 3 is 2.48 bits per heavy atom. The minimum Gasteiger partial charge on any atom is -0.482 e. The Balaban J connectivity index is 1.31. The number of furan rings is 1. The number of anilines is 1. The fraction of sp³-hybridized carbons (Fsp3) is 0.0909. The van der Waals surface area contributed by atoms with Crippen LogP contribution in [0.4, 0.5) is 10.1 Å². The highest BCUT2D eigenvalue weighted by atomic mass is 19.1. The van der Waals surface area contributed by atoms with Crippen molar-refractivity contribution >= 4 is 39.5 Å². The molecule has 6 nitrogen and oxygen atoms in total. The van der Waals surface area contributed by atoms with Gasteiger partial charge in [-0.2, -0.15) is 0 Å². The summed E-state index contributed by atoms with van der Waals surface area (Å²) in [6, 6.07) is 18.1. The Hall–Kier alpha value is -3.87. The SMILES string of the molecule is O=C(COC(=O)COc1ccc(F)cc1)Nc1ccc2oc3ccccc3c2c1. The first-order chi connectivity index (χ1) is 14.1. The molecule has 0 spiro atoms. The first-order valence-corrected chi connectivity index (χ1v) is 8.83. The fourth-order valence-electron chi connectivity index (χ4n) is 2.86. The first kappa shape index (κ1) is 18.5. The van der Waals surface area contributed by atoms with Crippen molar-refractivity contribution in [3.05, 3.63) is 72.5 Å². The highest BCUT2D eigenvalue weighted by Crippen LogP contribution is 2.30. The zero-order valence-electron chi connectivity index (χ0n) is 15.2. The van der Waals surface area contributed by atoms with Gasteiger partial charge in [-0.3, -0.25) is 4.79 Å². The van der Waals surface area contributed by atoms with E-state index in [2.05, 4.69) is 5.32 Å². The van der Waals surface area contributed by atoms with Crippen molar-refractivity contribution in [3.8, 4) is 5.75 Å². The summed E-state index contributed by atoms with van der Waals surface area (Å²) in [6.07, 6.45) is 0. The molecule has 1 amide bonds. The third-order valence-electron chi connectivity index (χ3n) is 4.20. The van der Waals surface area contributed by atoms with Gasteiger partial charge in [0, 0.05) is 16.5 Å². The van der Waals surface area contributed by atoms with Crippen LogP contribution < -0.4 is 10.1 Å². The Labute approximate surface area is 164 Å². The van der Waals surface area contributed by atoms with Crippen molar-refractivity contribution in [1.29, 1.82) is 0 Å². The predicted molar refractivity (Wildman–Crippen MR) is 105 cm³/mol. The second-order valence-electron chi connectivity index (χ2n) is 6.26. The van der Waals surface area contributed by atoms with Gasteiger partial charge >= 0.3 is 5.97 Å². The Morgan fingerprint density at radius 2 is 1.66 bits per heavy atom. The number of benzene rings is 3. The summed E-state index contributed by atoms with van der Waals surface area (Å²) in [4.78, 5) is 23.8. The number of carbonyl (C=O) groups excluding carboxylic acids is 2. The van der Waals surface area contributed by atoms with E-state index in [0.717, 1.165) is 16.4 Å². The van der Waals surface area contributed by atoms with Gasteiger partial charge in [0.2, 0.25) is 0 Å². The Morgan fingerprint density at radius 1 is 0.897 bits per heavy atom. The molecule has 0 saturated carbocycles. The average Bonchev–Trinajstić information content (AvgIpc) is 3.10. The maximum Gasteiger partial charge on any atom is 0.344 e. The van der Waals surface area contributed by atoms with E-state index in [-0.39, 0.29) is 6.61 Å². The average molecular weight is 393 g/mol. The molecule has 0 saturated heterocycles. The molecule has 0 bridgehead atoms. The molecular weight excluding hydrogens is 377 g/mol. The van der Waals surface area contributed by atoms with Gasteiger partial charge in [-0.1, -0.05) is 18.2 Å². The summed E-state index contributed by atoms with van der Waals surface area (Å²) in [7, 11) is 0. The molecule has 0 aliphatic carbocycles. The zero-order chi connectivity index (χ0) is 20.2. The fourth-order valence-corrected chi connectivity index (χ4v) is 2.86. The molecule has 0 aliphatic rings. The van der Waals surface area contributed by atoms with Crippen LogP contribution in [0.15, 0.2) is 71.1 Å². The minimum atomic E-state index is -0.708. The molecule has 1 N–H and O–H groups in total. The number of rotatable bonds is 6. The van der Waals surface area contributed by atoms with Gasteiger partial charge in [-0.25, -0.2) is 9.18 Å². The molecule has 3 aromatic carbocycles. The number of hydrogen-bond acceptors (Lipinski definition) is 5. The quantitative estimate of drug-likeness (QED) is 0.495. The molecule has 0 radical (unpaired) electrons. The maximum atomic E-state index is 12.8. The van der Waals surface area contributed by atoms with Gasteiger partial charge in [0.1, 0.15) is 22.7 Å². The van der Waals surface area contributed by atoms with E-state index < -0.39 is 24.3 Å². The number of hydrogen-bond donors (Lipinski definition) is 1. The van der Waals surface area contributed by atoms with E-state index in [9.17, 15) is 14.0 Å². The van der Waals surface area contributed by atoms with Crippen molar-refractivity contribution in [3.63, 3.8) is 0 Å². The molecule has 1 aromatic heterocycles. The molecule has 1 heterocycles. The highest BCUT2D eigenvalue weighted by Gasteiger charge is 2.11. The lowest BCUT2D eigenvalue weighted by molar-refractivity contribution is -0.149. The molecule has 0 atom stereocenters. The highest BCUT2D eigenvalue weighted by molar-refractivity contribution is 6.07. The molecule has 0 fully saturated rings. The molecular formula is C22H16FNO5. The van der Waals surface area contributed by atoms with Crippen molar-refractivity contribution < 1.29 is 27.9 Å². The number of nitrogens with one attached hydrogen (secondary N) is 1. The third-order valence-corrected chi connectivity index (χ3v) is 4.20. The number of fused-ring (bicyclic) bond motifs is 3. The van der Waals surface area contributed by atoms with E-state index in [1.54, 1.807) is 18.2 Å². The van der Waals surface area contributed by atoms with Crippen molar-refractivity contribution in [2.45, 2.75) is 0 Å². The van der Waals surface area contributed by atoms with E-state index in [1.807, 2.05) is 24.3 Å². The van der Waals surface area contributed by atoms with E-state index >= 15 is 0 Å². The molecule has 0 aliphatic heterocycles. The molecule has 7 heteroatoms. The largest absolute Gasteiger partial charge is 0.482 e. The molecule has 4 aromatic rings. The normalized spacial score (nSPS) is 10.8. The number of ether oxygens (including phenoxy) is 2. The zero-order valence-corrected chi connectivity index (χ0v) is 15.2. The Kier molecular flexibility index (Phi) is 5.11. The van der Waals surface area contributed by atoms with E-state index in [0.29, 0.717) is 17.0 Å². The van der Waals surface area contributed by atoms with Crippen LogP contribution in [-0.4, -0.2) is 25.1 Å². The Bertz CT molecular complexity index is 1180. The topological polar surface area (TPSA) is 77.8 Å². The third kappa shape index (κ3) is 4.35. The predicted octanol–water partition coefficient (Wildman–Crippen LogP) is 4.29. The lowest BCUT2D eigenvalue weighted by Crippen LogP contribution is -2.23. The lowest BCUT2D eigenvalue weighted by atomic mass is 10.1. The van der Waals surface area contributed by atoms with Gasteiger partial charge in [-0.15, -0.1) is 0 Å². The number of halogens is 1. The van der Waals surface area contributed by atoms with Gasteiger partial charge in [-0.05, 0) is 48.5 Å². The summed E-state index contributed by atoms with van der Waals surface area (Å²) in [6.45, 7) is -0.832. The van der Waals surface area contributed by atoms with Crippen molar-refractivity contribution in [1.82, 2.24) is 0 Å². The number of amides is 1. The summed E-state index contributed by atoms with van der Waals surface area (Å²) < 4.78 is 28.6. The standard InChI is InChI=1S/C22H16FNO5/c23-14-5-8-16(9-6-14)27-13-22(26)28-12-21(25)24-15-7-10-20-18(11-15)17-3-1-2-4-19(17)29-20/h1-11H,12-13H2,(H,24,25). The van der Waals surface area contributed by atoms with Crippen LogP contribution in [-0.2, 0) is 14.3 Å². The van der Waals surface area contributed by atoms with Crippen molar-refractivity contribution in [2.24, 2.45) is 0 Å². The van der Waals surface area contributed by atoms with Crippen LogP contribution in [0.2, 0.25) is 0 Å². The second kappa shape index (κ2) is 8.02. The molecule has 146 valence electrons. The van der Waals surface area contributed by atoms with Gasteiger partial charge in [0.25, 0.3) is 5.91 Å². The van der Waals surface area contributed by atoms with Crippen LogP contribution in [0.1, 0.15) is 0 Å². The summed E-state index contributed by atoms with van der Waals surface area (Å²) in [5.41, 5.74) is 2.04. The van der Waals surface area contributed by atoms with Crippen LogP contribution in [0.5, 0.6) is 5.75 Å². The lowest BCUT2D eigenvalue weighted by Gasteiger charge is -2.08. The van der Waals surface area contributed by atoms with E-state index in [1.165, 1.54) is 24.3 Å². The van der Waals surface area contributed by atoms with Gasteiger partial charge < -0.3 is 19.2 Å². The molecule has 0 unspecified atom stereocenters. The second-order valence-corrected chi connectivity index (χ2v) is 6.26.